The van der Waals surface area contributed by atoms with E-state index in [1.54, 1.807) is 0 Å². The van der Waals surface area contributed by atoms with Gasteiger partial charge in [0, 0.05) is 5.69 Å². The standard InChI is InChI=1S/C15H21NO2/c17-15(18)14(12-8-4-1-2-5-9-12)16-13-10-6-3-7-11-13/h3,6-7,10-12,14,16H,1-2,4-5,8-9H2,(H,17,18). The maximum atomic E-state index is 11.5. The summed E-state index contributed by atoms with van der Waals surface area (Å²) < 4.78 is 0. The molecule has 1 atom stereocenters. The van der Waals surface area contributed by atoms with E-state index in [2.05, 4.69) is 5.32 Å². The van der Waals surface area contributed by atoms with Gasteiger partial charge in [-0.3, -0.25) is 0 Å². The second-order valence-corrected chi connectivity index (χ2v) is 5.08. The number of carbonyl (C=O) groups is 1. The number of carboxylic acid groups (broad SMARTS) is 1. The van der Waals surface area contributed by atoms with Gasteiger partial charge in [0.1, 0.15) is 6.04 Å². The lowest BCUT2D eigenvalue weighted by Gasteiger charge is -2.24. The largest absolute Gasteiger partial charge is 0.480 e. The molecule has 1 aromatic rings. The second kappa shape index (κ2) is 6.43. The average Bonchev–Trinajstić information content (AvgIpc) is 2.65. The monoisotopic (exact) mass is 247 g/mol. The number of anilines is 1. The van der Waals surface area contributed by atoms with Crippen LogP contribution < -0.4 is 5.32 Å². The summed E-state index contributed by atoms with van der Waals surface area (Å²) in [4.78, 5) is 11.5. The molecular weight excluding hydrogens is 226 g/mol. The fraction of sp³-hybridized carbons (Fsp3) is 0.533. The van der Waals surface area contributed by atoms with Crippen molar-refractivity contribution >= 4 is 11.7 Å². The number of aliphatic carboxylic acids is 1. The predicted molar refractivity (Wildman–Crippen MR) is 72.7 cm³/mol. The zero-order valence-corrected chi connectivity index (χ0v) is 10.6. The van der Waals surface area contributed by atoms with Crippen LogP contribution in [0.1, 0.15) is 38.5 Å². The van der Waals surface area contributed by atoms with Crippen LogP contribution in [0.5, 0.6) is 0 Å². The van der Waals surface area contributed by atoms with Gasteiger partial charge in [-0.15, -0.1) is 0 Å². The van der Waals surface area contributed by atoms with E-state index in [4.69, 9.17) is 0 Å². The summed E-state index contributed by atoms with van der Waals surface area (Å²) in [5, 5.41) is 12.6. The molecule has 0 heterocycles. The highest BCUT2D eigenvalue weighted by Gasteiger charge is 2.28. The number of rotatable bonds is 4. The molecule has 0 bridgehead atoms. The maximum absolute atomic E-state index is 11.5. The van der Waals surface area contributed by atoms with Crippen LogP contribution in [0.2, 0.25) is 0 Å². The van der Waals surface area contributed by atoms with Gasteiger partial charge in [0.05, 0.1) is 0 Å². The Balaban J connectivity index is 2.05. The first-order chi connectivity index (χ1) is 8.77. The van der Waals surface area contributed by atoms with Crippen molar-refractivity contribution in [1.82, 2.24) is 0 Å². The van der Waals surface area contributed by atoms with Crippen LogP contribution in [0.25, 0.3) is 0 Å². The first kappa shape index (κ1) is 12.9. The molecule has 98 valence electrons. The molecule has 0 amide bonds. The molecule has 1 unspecified atom stereocenters. The molecule has 0 spiro atoms. The normalized spacial score (nSPS) is 18.9. The van der Waals surface area contributed by atoms with E-state index in [1.807, 2.05) is 30.3 Å². The molecular formula is C15H21NO2. The van der Waals surface area contributed by atoms with Crippen LogP contribution in [0, 0.1) is 5.92 Å². The van der Waals surface area contributed by atoms with Gasteiger partial charge < -0.3 is 10.4 Å². The number of para-hydroxylation sites is 1. The molecule has 1 aliphatic carbocycles. The van der Waals surface area contributed by atoms with E-state index in [0.29, 0.717) is 0 Å². The van der Waals surface area contributed by atoms with Crippen LogP contribution >= 0.6 is 0 Å². The number of nitrogens with one attached hydrogen (secondary N) is 1. The third kappa shape index (κ3) is 3.49. The highest BCUT2D eigenvalue weighted by atomic mass is 16.4. The van der Waals surface area contributed by atoms with Crippen molar-refractivity contribution in [3.63, 3.8) is 0 Å². The van der Waals surface area contributed by atoms with Crippen molar-refractivity contribution in [3.8, 4) is 0 Å². The number of carboxylic acids is 1. The smallest absolute Gasteiger partial charge is 0.326 e. The summed E-state index contributed by atoms with van der Waals surface area (Å²) in [6, 6.07) is 9.18. The van der Waals surface area contributed by atoms with Crippen molar-refractivity contribution < 1.29 is 9.90 Å². The molecule has 0 saturated heterocycles. The van der Waals surface area contributed by atoms with Crippen LogP contribution in [0.3, 0.4) is 0 Å². The van der Waals surface area contributed by atoms with Crippen molar-refractivity contribution in [2.24, 2.45) is 5.92 Å². The second-order valence-electron chi connectivity index (χ2n) is 5.08. The van der Waals surface area contributed by atoms with E-state index in [0.717, 1.165) is 31.4 Å². The topological polar surface area (TPSA) is 49.3 Å². The molecule has 3 nitrogen and oxygen atoms in total. The molecule has 1 aliphatic rings. The summed E-state index contributed by atoms with van der Waals surface area (Å²) in [6.45, 7) is 0. The van der Waals surface area contributed by atoms with Crippen molar-refractivity contribution in [2.45, 2.75) is 44.6 Å². The number of hydrogen-bond donors (Lipinski definition) is 2. The van der Waals surface area contributed by atoms with E-state index in [-0.39, 0.29) is 5.92 Å². The fourth-order valence-electron chi connectivity index (χ4n) is 2.74. The predicted octanol–water partition coefficient (Wildman–Crippen LogP) is 3.52. The first-order valence-corrected chi connectivity index (χ1v) is 6.82. The van der Waals surface area contributed by atoms with Crippen LogP contribution in [0.15, 0.2) is 30.3 Å². The lowest BCUT2D eigenvalue weighted by atomic mass is 9.91. The highest BCUT2D eigenvalue weighted by Crippen LogP contribution is 2.27. The molecule has 2 rings (SSSR count). The molecule has 3 heteroatoms. The van der Waals surface area contributed by atoms with Gasteiger partial charge in [0.25, 0.3) is 0 Å². The lowest BCUT2D eigenvalue weighted by molar-refractivity contribution is -0.139. The lowest BCUT2D eigenvalue weighted by Crippen LogP contribution is -2.36. The minimum Gasteiger partial charge on any atom is -0.480 e. The van der Waals surface area contributed by atoms with Crippen LogP contribution in [-0.2, 0) is 4.79 Å². The Hall–Kier alpha value is -1.51. The quantitative estimate of drug-likeness (QED) is 0.800. The summed E-state index contributed by atoms with van der Waals surface area (Å²) in [7, 11) is 0. The van der Waals surface area contributed by atoms with Crippen molar-refractivity contribution in [2.75, 3.05) is 5.32 Å². The fourth-order valence-corrected chi connectivity index (χ4v) is 2.74. The van der Waals surface area contributed by atoms with Gasteiger partial charge in [0.2, 0.25) is 0 Å². The van der Waals surface area contributed by atoms with Gasteiger partial charge in [-0.2, -0.15) is 0 Å². The van der Waals surface area contributed by atoms with Gasteiger partial charge in [-0.1, -0.05) is 43.9 Å². The Morgan fingerprint density at radius 1 is 1.11 bits per heavy atom. The molecule has 2 N–H and O–H groups in total. The Labute approximate surface area is 108 Å². The highest BCUT2D eigenvalue weighted by molar-refractivity contribution is 5.77. The van der Waals surface area contributed by atoms with Gasteiger partial charge in [-0.25, -0.2) is 4.79 Å². The third-order valence-corrected chi connectivity index (χ3v) is 3.73. The summed E-state index contributed by atoms with van der Waals surface area (Å²) >= 11 is 0. The molecule has 0 aliphatic heterocycles. The van der Waals surface area contributed by atoms with Crippen LogP contribution in [-0.4, -0.2) is 17.1 Å². The molecule has 0 aromatic heterocycles. The first-order valence-electron chi connectivity index (χ1n) is 6.82. The molecule has 1 aromatic carbocycles. The van der Waals surface area contributed by atoms with E-state index < -0.39 is 12.0 Å². The zero-order valence-electron chi connectivity index (χ0n) is 10.6. The number of hydrogen-bond acceptors (Lipinski definition) is 2. The minimum absolute atomic E-state index is 0.255. The van der Waals surface area contributed by atoms with Crippen molar-refractivity contribution in [1.29, 1.82) is 0 Å². The number of benzene rings is 1. The molecule has 18 heavy (non-hydrogen) atoms. The summed E-state index contributed by atoms with van der Waals surface area (Å²) in [6.07, 6.45) is 6.85. The Morgan fingerprint density at radius 3 is 2.28 bits per heavy atom. The van der Waals surface area contributed by atoms with E-state index in [9.17, 15) is 9.90 Å². The van der Waals surface area contributed by atoms with Gasteiger partial charge >= 0.3 is 5.97 Å². The average molecular weight is 247 g/mol. The Morgan fingerprint density at radius 2 is 1.72 bits per heavy atom. The van der Waals surface area contributed by atoms with E-state index >= 15 is 0 Å². The van der Waals surface area contributed by atoms with E-state index in [1.165, 1.54) is 12.8 Å². The molecule has 0 radical (unpaired) electrons. The van der Waals surface area contributed by atoms with Crippen LogP contribution in [0.4, 0.5) is 5.69 Å². The van der Waals surface area contributed by atoms with Crippen molar-refractivity contribution in [3.05, 3.63) is 30.3 Å². The zero-order chi connectivity index (χ0) is 12.8. The maximum Gasteiger partial charge on any atom is 0.326 e. The Kier molecular flexibility index (Phi) is 4.62. The summed E-state index contributed by atoms with van der Waals surface area (Å²) in [5.74, 6) is -0.476. The molecule has 1 fully saturated rings. The molecule has 1 saturated carbocycles. The minimum atomic E-state index is -0.731. The van der Waals surface area contributed by atoms with Gasteiger partial charge in [0.15, 0.2) is 0 Å². The Bertz CT molecular complexity index is 369. The third-order valence-electron chi connectivity index (χ3n) is 3.73. The van der Waals surface area contributed by atoms with Gasteiger partial charge in [-0.05, 0) is 30.9 Å². The SMILES string of the molecule is O=C(O)C(Nc1ccccc1)C1CCCCCC1. The summed E-state index contributed by atoms with van der Waals surface area (Å²) in [5.41, 5.74) is 0.897.